The fourth-order valence-electron chi connectivity index (χ4n) is 3.05. The van der Waals surface area contributed by atoms with E-state index < -0.39 is 0 Å². The van der Waals surface area contributed by atoms with Gasteiger partial charge in [0.15, 0.2) is 5.96 Å². The molecule has 0 bridgehead atoms. The van der Waals surface area contributed by atoms with Crippen LogP contribution in [0.3, 0.4) is 0 Å². The fraction of sp³-hybridized carbons (Fsp3) is 0.357. The van der Waals surface area contributed by atoms with E-state index in [-0.39, 0.29) is 5.54 Å². The highest BCUT2D eigenvalue weighted by Crippen LogP contribution is 2.43. The zero-order valence-electron chi connectivity index (χ0n) is 10.8. The lowest BCUT2D eigenvalue weighted by molar-refractivity contribution is 0.359. The van der Waals surface area contributed by atoms with Gasteiger partial charge in [-0.2, -0.15) is 3.89 Å². The first-order valence-electron chi connectivity index (χ1n) is 6.29. The molecule has 1 heterocycles. The van der Waals surface area contributed by atoms with Crippen LogP contribution in [-0.2, 0) is 12.0 Å². The Hall–Kier alpha value is -1.49. The Morgan fingerprint density at radius 1 is 1.47 bits per heavy atom. The van der Waals surface area contributed by atoms with Gasteiger partial charge < -0.3 is 10.6 Å². The van der Waals surface area contributed by atoms with Gasteiger partial charge in [0.25, 0.3) is 0 Å². The maximum atomic E-state index is 12.8. The lowest BCUT2D eigenvalue weighted by atomic mass is 9.86. The van der Waals surface area contributed by atoms with Crippen molar-refractivity contribution in [1.82, 2.24) is 10.6 Å². The number of hydrogen-bond donors (Lipinski definition) is 2. The third-order valence-corrected chi connectivity index (χ3v) is 4.33. The molecule has 1 fully saturated rings. The van der Waals surface area contributed by atoms with E-state index >= 15 is 0 Å². The Kier molecular flexibility index (Phi) is 3.01. The molecule has 2 aliphatic rings. The molecule has 1 aliphatic carbocycles. The second-order valence-electron chi connectivity index (χ2n) is 5.08. The maximum Gasteiger partial charge on any atom is 0.195 e. The van der Waals surface area contributed by atoms with Crippen molar-refractivity contribution in [1.29, 1.82) is 0 Å². The van der Waals surface area contributed by atoms with Gasteiger partial charge in [-0.1, -0.05) is 12.6 Å². The van der Waals surface area contributed by atoms with Gasteiger partial charge in [-0.15, -0.1) is 0 Å². The van der Waals surface area contributed by atoms with Crippen molar-refractivity contribution in [2.24, 2.45) is 4.99 Å². The smallest absolute Gasteiger partial charge is 0.195 e. The minimum atomic E-state index is -0.182. The van der Waals surface area contributed by atoms with Crippen LogP contribution in [0, 0.1) is 0 Å². The molecule has 1 spiro atoms. The Morgan fingerprint density at radius 3 is 3.05 bits per heavy atom. The second-order valence-corrected chi connectivity index (χ2v) is 5.71. The Balaban J connectivity index is 2.06. The second kappa shape index (κ2) is 4.56. The molecule has 2 N–H and O–H groups in total. The summed E-state index contributed by atoms with van der Waals surface area (Å²) >= 11 is 0.293. The quantitative estimate of drug-likeness (QED) is 0.828. The number of rotatable bonds is 1. The van der Waals surface area contributed by atoms with Crippen LogP contribution < -0.4 is 10.6 Å². The summed E-state index contributed by atoms with van der Waals surface area (Å²) < 4.78 is 12.8. The van der Waals surface area contributed by atoms with E-state index in [1.165, 1.54) is 11.1 Å². The molecule has 19 heavy (non-hydrogen) atoms. The molecule has 0 radical (unpaired) electrons. The van der Waals surface area contributed by atoms with E-state index in [4.69, 9.17) is 0 Å². The molecule has 0 amide bonds. The molecule has 100 valence electrons. The molecular formula is C14H16FN3S. The number of aliphatic imine (C=N–C) groups is 1. The van der Waals surface area contributed by atoms with Gasteiger partial charge in [0, 0.05) is 24.1 Å². The Labute approximate surface area is 116 Å². The molecule has 3 rings (SSSR count). The summed E-state index contributed by atoms with van der Waals surface area (Å²) in [4.78, 5) is 4.84. The van der Waals surface area contributed by atoms with Crippen LogP contribution in [0.2, 0.25) is 0 Å². The van der Waals surface area contributed by atoms with E-state index in [1.54, 1.807) is 7.05 Å². The minimum Gasteiger partial charge on any atom is -0.346 e. The van der Waals surface area contributed by atoms with Gasteiger partial charge >= 0.3 is 0 Å². The van der Waals surface area contributed by atoms with Gasteiger partial charge in [-0.3, -0.25) is 4.99 Å². The number of fused-ring (bicyclic) bond motifs is 2. The van der Waals surface area contributed by atoms with Crippen molar-refractivity contribution in [2.45, 2.75) is 29.7 Å². The average Bonchev–Trinajstić information content (AvgIpc) is 2.76. The standard InChI is InChI=1S/C14H16FN3S/c1-9-8-14(18-13(16-2)17-9)6-5-10-3-4-11(19-15)7-12(10)14/h3-4,7H,1,5-6,8H2,2H3,(H2,16,17,18). The van der Waals surface area contributed by atoms with Gasteiger partial charge in [0.2, 0.25) is 0 Å². The summed E-state index contributed by atoms with van der Waals surface area (Å²) in [6.07, 6.45) is 2.80. The predicted molar refractivity (Wildman–Crippen MR) is 76.8 cm³/mol. The van der Waals surface area contributed by atoms with Gasteiger partial charge in [0.1, 0.15) is 0 Å². The molecule has 1 aromatic rings. The Morgan fingerprint density at radius 2 is 2.32 bits per heavy atom. The fourth-order valence-corrected chi connectivity index (χ4v) is 3.33. The van der Waals surface area contributed by atoms with E-state index in [0.29, 0.717) is 17.0 Å². The Bertz CT molecular complexity index is 570. The SMILES string of the molecule is C=C1CC2(CCc3ccc(SF)cc32)NC(=NC)N1. The molecule has 3 nitrogen and oxygen atoms in total. The van der Waals surface area contributed by atoms with E-state index in [0.717, 1.165) is 30.9 Å². The van der Waals surface area contributed by atoms with Gasteiger partial charge in [-0.05, 0) is 36.1 Å². The van der Waals surface area contributed by atoms with Crippen molar-refractivity contribution in [2.75, 3.05) is 7.05 Å². The van der Waals surface area contributed by atoms with Crippen molar-refractivity contribution in [3.05, 3.63) is 41.6 Å². The zero-order chi connectivity index (χ0) is 13.5. The number of hydrogen-bond acceptors (Lipinski definition) is 2. The van der Waals surface area contributed by atoms with Gasteiger partial charge in [-0.25, -0.2) is 0 Å². The monoisotopic (exact) mass is 277 g/mol. The summed E-state index contributed by atoms with van der Waals surface area (Å²) in [6, 6.07) is 5.82. The molecule has 1 saturated heterocycles. The highest BCUT2D eigenvalue weighted by atomic mass is 32.2. The van der Waals surface area contributed by atoms with Crippen LogP contribution >= 0.6 is 12.1 Å². The highest BCUT2D eigenvalue weighted by Gasteiger charge is 2.42. The zero-order valence-corrected chi connectivity index (χ0v) is 11.6. The first-order chi connectivity index (χ1) is 9.16. The molecule has 1 atom stereocenters. The lowest BCUT2D eigenvalue weighted by Gasteiger charge is -2.38. The third-order valence-electron chi connectivity index (χ3n) is 3.90. The first-order valence-corrected chi connectivity index (χ1v) is 7.00. The molecule has 5 heteroatoms. The molecule has 1 aromatic carbocycles. The minimum absolute atomic E-state index is 0.182. The summed E-state index contributed by atoms with van der Waals surface area (Å²) in [7, 11) is 1.74. The number of nitrogens with one attached hydrogen (secondary N) is 2. The molecule has 1 unspecified atom stereocenters. The summed E-state index contributed by atoms with van der Waals surface area (Å²) in [6.45, 7) is 4.04. The molecule has 1 aliphatic heterocycles. The molecule has 0 saturated carbocycles. The number of halogens is 1. The van der Waals surface area contributed by atoms with Crippen molar-refractivity contribution >= 4 is 18.1 Å². The normalized spacial score (nSPS) is 27.3. The van der Waals surface area contributed by atoms with Crippen LogP contribution in [0.5, 0.6) is 0 Å². The number of guanidine groups is 1. The summed E-state index contributed by atoms with van der Waals surface area (Å²) in [5, 5.41) is 6.60. The molecule has 0 aromatic heterocycles. The van der Waals surface area contributed by atoms with Crippen molar-refractivity contribution in [3.63, 3.8) is 0 Å². The van der Waals surface area contributed by atoms with Gasteiger partial charge in [0.05, 0.1) is 17.7 Å². The van der Waals surface area contributed by atoms with Crippen LogP contribution in [-0.4, -0.2) is 13.0 Å². The first kappa shape index (κ1) is 12.5. The number of nitrogens with zero attached hydrogens (tertiary/aromatic N) is 1. The van der Waals surface area contributed by atoms with E-state index in [1.807, 2.05) is 18.2 Å². The molecular weight excluding hydrogens is 261 g/mol. The predicted octanol–water partition coefficient (Wildman–Crippen LogP) is 2.89. The average molecular weight is 277 g/mol. The number of aryl methyl sites for hydroxylation is 1. The van der Waals surface area contributed by atoms with E-state index in [2.05, 4.69) is 22.2 Å². The van der Waals surface area contributed by atoms with Crippen molar-refractivity contribution in [3.8, 4) is 0 Å². The summed E-state index contributed by atoms with van der Waals surface area (Å²) in [5.41, 5.74) is 3.23. The van der Waals surface area contributed by atoms with Crippen molar-refractivity contribution < 1.29 is 3.89 Å². The number of benzene rings is 1. The van der Waals surface area contributed by atoms with Crippen LogP contribution in [0.15, 0.2) is 40.4 Å². The van der Waals surface area contributed by atoms with Crippen LogP contribution in [0.25, 0.3) is 0 Å². The summed E-state index contributed by atoms with van der Waals surface area (Å²) in [5.74, 6) is 0.738. The van der Waals surface area contributed by atoms with Crippen LogP contribution in [0.1, 0.15) is 24.0 Å². The maximum absolute atomic E-state index is 12.8. The topological polar surface area (TPSA) is 36.4 Å². The third kappa shape index (κ3) is 2.02. The largest absolute Gasteiger partial charge is 0.346 e. The lowest BCUT2D eigenvalue weighted by Crippen LogP contribution is -2.55. The van der Waals surface area contributed by atoms with E-state index in [9.17, 15) is 3.89 Å². The highest BCUT2D eigenvalue weighted by molar-refractivity contribution is 7.94. The van der Waals surface area contributed by atoms with Crippen LogP contribution in [0.4, 0.5) is 3.89 Å².